The summed E-state index contributed by atoms with van der Waals surface area (Å²) in [7, 11) is 0. The van der Waals surface area contributed by atoms with Crippen LogP contribution in [0.15, 0.2) is 18.2 Å². The Morgan fingerprint density at radius 2 is 2.21 bits per heavy atom. The molecule has 0 atom stereocenters. The van der Waals surface area contributed by atoms with E-state index in [4.69, 9.17) is 5.21 Å². The lowest BCUT2D eigenvalue weighted by atomic mass is 10.0. The van der Waals surface area contributed by atoms with E-state index in [1.165, 1.54) is 0 Å². The van der Waals surface area contributed by atoms with E-state index in [0.29, 0.717) is 12.1 Å². The maximum absolute atomic E-state index is 11.2. The molecule has 1 amide bonds. The molecule has 1 aromatic carbocycles. The molecule has 0 saturated heterocycles. The van der Waals surface area contributed by atoms with Crippen LogP contribution >= 0.6 is 12.4 Å². The SMILES string of the molecule is Cl.O=C(NO)c1cccc2c1CNC2. The van der Waals surface area contributed by atoms with Gasteiger partial charge in [0.05, 0.1) is 0 Å². The molecule has 1 heterocycles. The number of hydrogen-bond donors (Lipinski definition) is 3. The Morgan fingerprint density at radius 1 is 1.43 bits per heavy atom. The highest BCUT2D eigenvalue weighted by Gasteiger charge is 2.17. The average Bonchev–Trinajstić information content (AvgIpc) is 2.63. The number of amides is 1. The highest BCUT2D eigenvalue weighted by atomic mass is 35.5. The molecule has 14 heavy (non-hydrogen) atoms. The first kappa shape index (κ1) is 11.0. The van der Waals surface area contributed by atoms with E-state index >= 15 is 0 Å². The normalized spacial score (nSPS) is 12.9. The molecular weight excluding hydrogens is 204 g/mol. The molecule has 1 aromatic rings. The monoisotopic (exact) mass is 214 g/mol. The first-order valence-electron chi connectivity index (χ1n) is 4.09. The van der Waals surface area contributed by atoms with Crippen molar-refractivity contribution in [3.63, 3.8) is 0 Å². The predicted octanol–water partition coefficient (Wildman–Crippen LogP) is 0.831. The summed E-state index contributed by atoms with van der Waals surface area (Å²) in [6.45, 7) is 1.49. The Hall–Kier alpha value is -1.10. The predicted molar refractivity (Wildman–Crippen MR) is 53.5 cm³/mol. The summed E-state index contributed by atoms with van der Waals surface area (Å²) in [6.07, 6.45) is 0. The summed E-state index contributed by atoms with van der Waals surface area (Å²) in [5, 5.41) is 11.6. The van der Waals surface area contributed by atoms with Gasteiger partial charge in [-0.25, -0.2) is 5.48 Å². The standard InChI is InChI=1S/C9H10N2O2.ClH/c12-9(11-13)7-3-1-2-6-4-10-5-8(6)7;/h1-3,10,13H,4-5H2,(H,11,12);1H. The van der Waals surface area contributed by atoms with Gasteiger partial charge in [-0.2, -0.15) is 0 Å². The number of hydrogen-bond acceptors (Lipinski definition) is 3. The van der Waals surface area contributed by atoms with E-state index in [1.807, 2.05) is 12.1 Å². The summed E-state index contributed by atoms with van der Waals surface area (Å²) in [4.78, 5) is 11.2. The highest BCUT2D eigenvalue weighted by molar-refractivity contribution is 5.95. The fourth-order valence-corrected chi connectivity index (χ4v) is 1.60. The number of nitrogens with one attached hydrogen (secondary N) is 2. The first-order chi connectivity index (χ1) is 6.33. The number of fused-ring (bicyclic) bond motifs is 1. The van der Waals surface area contributed by atoms with Gasteiger partial charge in [0.15, 0.2) is 0 Å². The lowest BCUT2D eigenvalue weighted by molar-refractivity contribution is 0.0705. The van der Waals surface area contributed by atoms with E-state index in [9.17, 15) is 4.79 Å². The molecule has 0 saturated carbocycles. The van der Waals surface area contributed by atoms with Crippen LogP contribution in [0, 0.1) is 0 Å². The quantitative estimate of drug-likeness (QED) is 0.480. The maximum atomic E-state index is 11.2. The number of hydroxylamine groups is 1. The van der Waals surface area contributed by atoms with E-state index in [0.717, 1.165) is 17.7 Å². The van der Waals surface area contributed by atoms with Crippen LogP contribution in [0.5, 0.6) is 0 Å². The van der Waals surface area contributed by atoms with Crippen LogP contribution < -0.4 is 10.8 Å². The van der Waals surface area contributed by atoms with Gasteiger partial charge in [0.1, 0.15) is 0 Å². The van der Waals surface area contributed by atoms with Crippen molar-refractivity contribution < 1.29 is 10.0 Å². The molecule has 0 aromatic heterocycles. The van der Waals surface area contributed by atoms with Gasteiger partial charge in [0.25, 0.3) is 5.91 Å². The van der Waals surface area contributed by atoms with E-state index in [1.54, 1.807) is 11.5 Å². The lowest BCUT2D eigenvalue weighted by Gasteiger charge is -2.04. The second kappa shape index (κ2) is 4.41. The molecule has 3 N–H and O–H groups in total. The van der Waals surface area contributed by atoms with Crippen molar-refractivity contribution in [1.82, 2.24) is 10.8 Å². The van der Waals surface area contributed by atoms with Crippen molar-refractivity contribution in [3.8, 4) is 0 Å². The fraction of sp³-hybridized carbons (Fsp3) is 0.222. The third-order valence-corrected chi connectivity index (χ3v) is 2.24. The third kappa shape index (κ3) is 1.72. The van der Waals surface area contributed by atoms with Gasteiger partial charge in [0, 0.05) is 18.7 Å². The zero-order chi connectivity index (χ0) is 9.26. The zero-order valence-corrected chi connectivity index (χ0v) is 8.23. The third-order valence-electron chi connectivity index (χ3n) is 2.24. The molecule has 2 rings (SSSR count). The fourth-order valence-electron chi connectivity index (χ4n) is 1.60. The van der Waals surface area contributed by atoms with E-state index in [2.05, 4.69) is 5.32 Å². The number of halogens is 1. The van der Waals surface area contributed by atoms with Crippen LogP contribution in [0.4, 0.5) is 0 Å². The minimum absolute atomic E-state index is 0. The summed E-state index contributed by atoms with van der Waals surface area (Å²) in [6, 6.07) is 5.50. The van der Waals surface area contributed by atoms with Crippen LogP contribution in [-0.4, -0.2) is 11.1 Å². The Balaban J connectivity index is 0.000000980. The smallest absolute Gasteiger partial charge is 0.274 e. The molecule has 0 fully saturated rings. The molecule has 4 nitrogen and oxygen atoms in total. The van der Waals surface area contributed by atoms with Crippen LogP contribution in [-0.2, 0) is 13.1 Å². The van der Waals surface area contributed by atoms with Gasteiger partial charge >= 0.3 is 0 Å². The first-order valence-corrected chi connectivity index (χ1v) is 4.09. The van der Waals surface area contributed by atoms with Gasteiger partial charge < -0.3 is 5.32 Å². The van der Waals surface area contributed by atoms with Crippen molar-refractivity contribution in [1.29, 1.82) is 0 Å². The van der Waals surface area contributed by atoms with Crippen molar-refractivity contribution in [2.45, 2.75) is 13.1 Å². The summed E-state index contributed by atoms with van der Waals surface area (Å²) in [5.41, 5.74) is 4.30. The molecular formula is C9H11ClN2O2. The van der Waals surface area contributed by atoms with Crippen molar-refractivity contribution in [2.24, 2.45) is 0 Å². The van der Waals surface area contributed by atoms with Crippen LogP contribution in [0.2, 0.25) is 0 Å². The van der Waals surface area contributed by atoms with E-state index in [-0.39, 0.29) is 12.4 Å². The molecule has 5 heteroatoms. The highest BCUT2D eigenvalue weighted by Crippen LogP contribution is 2.19. The van der Waals surface area contributed by atoms with Gasteiger partial charge in [-0.05, 0) is 17.2 Å². The molecule has 76 valence electrons. The summed E-state index contributed by atoms with van der Waals surface area (Å²) >= 11 is 0. The molecule has 0 spiro atoms. The second-order valence-electron chi connectivity index (χ2n) is 2.99. The Kier molecular flexibility index (Phi) is 3.46. The summed E-state index contributed by atoms with van der Waals surface area (Å²) in [5.74, 6) is -0.444. The summed E-state index contributed by atoms with van der Waals surface area (Å²) < 4.78 is 0. The van der Waals surface area contributed by atoms with Crippen LogP contribution in [0.3, 0.4) is 0 Å². The number of rotatable bonds is 1. The molecule has 0 radical (unpaired) electrons. The average molecular weight is 215 g/mol. The molecule has 0 aliphatic carbocycles. The molecule has 1 aliphatic rings. The van der Waals surface area contributed by atoms with Crippen molar-refractivity contribution >= 4 is 18.3 Å². The Bertz CT molecular complexity index is 355. The Labute approximate surface area is 87.7 Å². The topological polar surface area (TPSA) is 61.4 Å². The van der Waals surface area contributed by atoms with Gasteiger partial charge in [-0.1, -0.05) is 12.1 Å². The van der Waals surface area contributed by atoms with Crippen LogP contribution in [0.1, 0.15) is 21.5 Å². The van der Waals surface area contributed by atoms with Gasteiger partial charge in [0.2, 0.25) is 0 Å². The molecule has 0 bridgehead atoms. The van der Waals surface area contributed by atoms with Crippen molar-refractivity contribution in [2.75, 3.05) is 0 Å². The van der Waals surface area contributed by atoms with Crippen molar-refractivity contribution in [3.05, 3.63) is 34.9 Å². The second-order valence-corrected chi connectivity index (χ2v) is 2.99. The number of benzene rings is 1. The minimum atomic E-state index is -0.444. The largest absolute Gasteiger partial charge is 0.309 e. The van der Waals surface area contributed by atoms with Gasteiger partial charge in [-0.15, -0.1) is 12.4 Å². The number of carbonyl (C=O) groups is 1. The Morgan fingerprint density at radius 3 is 2.93 bits per heavy atom. The molecule has 1 aliphatic heterocycles. The zero-order valence-electron chi connectivity index (χ0n) is 7.41. The number of carbonyl (C=O) groups excluding carboxylic acids is 1. The van der Waals surface area contributed by atoms with Gasteiger partial charge in [-0.3, -0.25) is 10.0 Å². The molecule has 0 unspecified atom stereocenters. The minimum Gasteiger partial charge on any atom is -0.309 e. The lowest BCUT2D eigenvalue weighted by Crippen LogP contribution is -2.20. The maximum Gasteiger partial charge on any atom is 0.274 e. The van der Waals surface area contributed by atoms with E-state index < -0.39 is 5.91 Å². The van der Waals surface area contributed by atoms with Crippen LogP contribution in [0.25, 0.3) is 0 Å².